The van der Waals surface area contributed by atoms with E-state index in [1.807, 2.05) is 31.2 Å². The van der Waals surface area contributed by atoms with E-state index in [0.29, 0.717) is 32.6 Å². The molecule has 1 amide bonds. The molecule has 0 spiro atoms. The van der Waals surface area contributed by atoms with Crippen LogP contribution in [0.15, 0.2) is 24.3 Å². The van der Waals surface area contributed by atoms with Crippen LogP contribution in [-0.4, -0.2) is 42.8 Å². The highest BCUT2D eigenvalue weighted by atomic mass is 16.5. The predicted octanol–water partition coefficient (Wildman–Crippen LogP) is 1.81. The van der Waals surface area contributed by atoms with Gasteiger partial charge in [-0.1, -0.05) is 30.0 Å². The molecule has 0 atom stereocenters. The first-order valence-corrected chi connectivity index (χ1v) is 7.18. The van der Waals surface area contributed by atoms with Crippen LogP contribution in [0.4, 0.5) is 0 Å². The van der Waals surface area contributed by atoms with Crippen LogP contribution in [0.3, 0.4) is 0 Å². The Kier molecular flexibility index (Phi) is 8.18. The summed E-state index contributed by atoms with van der Waals surface area (Å²) >= 11 is 0. The van der Waals surface area contributed by atoms with Gasteiger partial charge in [0, 0.05) is 32.2 Å². The molecule has 0 radical (unpaired) electrons. The minimum Gasteiger partial charge on any atom is -0.395 e. The predicted molar refractivity (Wildman–Crippen MR) is 82.6 cm³/mol. The highest BCUT2D eigenvalue weighted by Gasteiger charge is 2.10. The van der Waals surface area contributed by atoms with Gasteiger partial charge in [0.25, 0.3) is 0 Å². The zero-order valence-corrected chi connectivity index (χ0v) is 12.8. The molecular formula is C17H23NO3. The first kappa shape index (κ1) is 17.2. The number of hydrogen-bond donors (Lipinski definition) is 1. The van der Waals surface area contributed by atoms with Crippen LogP contribution in [0, 0.1) is 11.8 Å². The fraction of sp³-hybridized carbons (Fsp3) is 0.471. The van der Waals surface area contributed by atoms with E-state index in [4.69, 9.17) is 9.84 Å². The number of benzene rings is 1. The zero-order valence-electron chi connectivity index (χ0n) is 12.8. The summed E-state index contributed by atoms with van der Waals surface area (Å²) in [5.41, 5.74) is 1.91. The smallest absolute Gasteiger partial charge is 0.224 e. The third-order valence-electron chi connectivity index (χ3n) is 2.97. The summed E-state index contributed by atoms with van der Waals surface area (Å²) in [4.78, 5) is 13.7. The number of carbonyl (C=O) groups is 1. The number of rotatable bonds is 7. The molecule has 0 aliphatic heterocycles. The molecule has 1 aromatic carbocycles. The monoisotopic (exact) mass is 289 g/mol. The SMILES string of the molecule is CCOCCC(=O)N(C)Cc1ccccc1C#CCCO. The molecule has 0 saturated heterocycles. The zero-order chi connectivity index (χ0) is 15.5. The Hall–Kier alpha value is -1.83. The summed E-state index contributed by atoms with van der Waals surface area (Å²) in [6.45, 7) is 3.58. The number of carbonyl (C=O) groups excluding carboxylic acids is 1. The second-order valence-electron chi connectivity index (χ2n) is 4.63. The van der Waals surface area contributed by atoms with E-state index in [2.05, 4.69) is 11.8 Å². The van der Waals surface area contributed by atoms with Crippen molar-refractivity contribution in [2.24, 2.45) is 0 Å². The Morgan fingerprint density at radius 2 is 2.14 bits per heavy atom. The number of ether oxygens (including phenoxy) is 1. The number of amides is 1. The van der Waals surface area contributed by atoms with Crippen LogP contribution in [0.25, 0.3) is 0 Å². The molecular weight excluding hydrogens is 266 g/mol. The van der Waals surface area contributed by atoms with Crippen molar-refractivity contribution in [2.45, 2.75) is 26.3 Å². The Bertz CT molecular complexity index is 502. The molecule has 0 fully saturated rings. The van der Waals surface area contributed by atoms with Crippen LogP contribution < -0.4 is 0 Å². The molecule has 0 unspecified atom stereocenters. The van der Waals surface area contributed by atoms with Gasteiger partial charge in [-0.05, 0) is 18.6 Å². The molecule has 1 N–H and O–H groups in total. The molecule has 1 aromatic rings. The summed E-state index contributed by atoms with van der Waals surface area (Å²) < 4.78 is 5.20. The van der Waals surface area contributed by atoms with E-state index in [0.717, 1.165) is 11.1 Å². The fourth-order valence-corrected chi connectivity index (χ4v) is 1.83. The second-order valence-corrected chi connectivity index (χ2v) is 4.63. The molecule has 21 heavy (non-hydrogen) atoms. The van der Waals surface area contributed by atoms with Gasteiger partial charge in [0.2, 0.25) is 5.91 Å². The molecule has 0 aliphatic carbocycles. The Morgan fingerprint density at radius 3 is 2.86 bits per heavy atom. The van der Waals surface area contributed by atoms with Crippen LogP contribution in [0.1, 0.15) is 30.9 Å². The quantitative estimate of drug-likeness (QED) is 0.615. The summed E-state index contributed by atoms with van der Waals surface area (Å²) in [6, 6.07) is 7.75. The maximum atomic E-state index is 12.0. The fourth-order valence-electron chi connectivity index (χ4n) is 1.83. The van der Waals surface area contributed by atoms with E-state index >= 15 is 0 Å². The number of aliphatic hydroxyl groups is 1. The van der Waals surface area contributed by atoms with Gasteiger partial charge < -0.3 is 14.7 Å². The lowest BCUT2D eigenvalue weighted by molar-refractivity contribution is -0.131. The Morgan fingerprint density at radius 1 is 1.38 bits per heavy atom. The maximum absolute atomic E-state index is 12.0. The number of aliphatic hydroxyl groups excluding tert-OH is 1. The van der Waals surface area contributed by atoms with Gasteiger partial charge in [-0.15, -0.1) is 0 Å². The average Bonchev–Trinajstić information content (AvgIpc) is 2.49. The molecule has 4 heteroatoms. The lowest BCUT2D eigenvalue weighted by atomic mass is 10.1. The summed E-state index contributed by atoms with van der Waals surface area (Å²) in [5.74, 6) is 6.01. The maximum Gasteiger partial charge on any atom is 0.224 e. The summed E-state index contributed by atoms with van der Waals surface area (Å²) in [6.07, 6.45) is 0.847. The van der Waals surface area contributed by atoms with Gasteiger partial charge >= 0.3 is 0 Å². The highest BCUT2D eigenvalue weighted by molar-refractivity contribution is 5.76. The van der Waals surface area contributed by atoms with Crippen molar-refractivity contribution in [3.05, 3.63) is 35.4 Å². The Labute approximate surface area is 126 Å². The molecule has 1 rings (SSSR count). The summed E-state index contributed by atoms with van der Waals surface area (Å²) in [7, 11) is 1.78. The van der Waals surface area contributed by atoms with Crippen LogP contribution in [-0.2, 0) is 16.1 Å². The lowest BCUT2D eigenvalue weighted by Gasteiger charge is -2.18. The first-order chi connectivity index (χ1) is 10.2. The van der Waals surface area contributed by atoms with Crippen molar-refractivity contribution in [1.82, 2.24) is 4.90 Å². The Balaban J connectivity index is 2.65. The lowest BCUT2D eigenvalue weighted by Crippen LogP contribution is -2.27. The molecule has 0 aromatic heterocycles. The topological polar surface area (TPSA) is 49.8 Å². The minimum absolute atomic E-state index is 0.0570. The van der Waals surface area contributed by atoms with Gasteiger partial charge in [-0.2, -0.15) is 0 Å². The summed E-state index contributed by atoms with van der Waals surface area (Å²) in [5, 5.41) is 8.77. The second kappa shape index (κ2) is 9.98. The van der Waals surface area contributed by atoms with Crippen molar-refractivity contribution < 1.29 is 14.6 Å². The van der Waals surface area contributed by atoms with Crippen molar-refractivity contribution in [1.29, 1.82) is 0 Å². The van der Waals surface area contributed by atoms with Crippen molar-refractivity contribution in [3.63, 3.8) is 0 Å². The minimum atomic E-state index is 0.0570. The molecule has 0 aliphatic rings. The molecule has 4 nitrogen and oxygen atoms in total. The van der Waals surface area contributed by atoms with Gasteiger partial charge in [-0.25, -0.2) is 0 Å². The van der Waals surface area contributed by atoms with Crippen LogP contribution in [0.5, 0.6) is 0 Å². The van der Waals surface area contributed by atoms with Gasteiger partial charge in [0.1, 0.15) is 0 Å². The van der Waals surface area contributed by atoms with Gasteiger partial charge in [0.05, 0.1) is 19.6 Å². The van der Waals surface area contributed by atoms with Crippen molar-refractivity contribution in [2.75, 3.05) is 26.9 Å². The highest BCUT2D eigenvalue weighted by Crippen LogP contribution is 2.10. The van der Waals surface area contributed by atoms with Gasteiger partial charge in [0.15, 0.2) is 0 Å². The number of nitrogens with zero attached hydrogens (tertiary/aromatic N) is 1. The van der Waals surface area contributed by atoms with E-state index in [1.54, 1.807) is 11.9 Å². The van der Waals surface area contributed by atoms with Crippen LogP contribution in [0.2, 0.25) is 0 Å². The average molecular weight is 289 g/mol. The van der Waals surface area contributed by atoms with E-state index in [-0.39, 0.29) is 12.5 Å². The van der Waals surface area contributed by atoms with E-state index in [9.17, 15) is 4.79 Å². The largest absolute Gasteiger partial charge is 0.395 e. The molecule has 0 saturated carbocycles. The van der Waals surface area contributed by atoms with Gasteiger partial charge in [-0.3, -0.25) is 4.79 Å². The van der Waals surface area contributed by atoms with E-state index < -0.39 is 0 Å². The molecule has 0 heterocycles. The van der Waals surface area contributed by atoms with E-state index in [1.165, 1.54) is 0 Å². The normalized spacial score (nSPS) is 9.86. The number of hydrogen-bond acceptors (Lipinski definition) is 3. The third-order valence-corrected chi connectivity index (χ3v) is 2.97. The molecule has 114 valence electrons. The standard InChI is InChI=1S/C17H23NO3/c1-3-21-13-11-17(20)18(2)14-16-10-5-4-8-15(16)9-6-7-12-19/h4-5,8,10,19H,3,7,11-14H2,1-2H3. The third kappa shape index (κ3) is 6.44. The van der Waals surface area contributed by atoms with Crippen molar-refractivity contribution >= 4 is 5.91 Å². The molecule has 0 bridgehead atoms. The van der Waals surface area contributed by atoms with Crippen molar-refractivity contribution in [3.8, 4) is 11.8 Å². The first-order valence-electron chi connectivity index (χ1n) is 7.18. The van der Waals surface area contributed by atoms with Crippen LogP contribution >= 0.6 is 0 Å².